The zero-order valence-electron chi connectivity index (χ0n) is 10.3. The van der Waals surface area contributed by atoms with Gasteiger partial charge in [-0.1, -0.05) is 17.7 Å². The van der Waals surface area contributed by atoms with Gasteiger partial charge < -0.3 is 4.74 Å². The van der Waals surface area contributed by atoms with Crippen molar-refractivity contribution in [3.63, 3.8) is 0 Å². The van der Waals surface area contributed by atoms with Crippen molar-refractivity contribution < 1.29 is 17.9 Å². The Morgan fingerprint density at radius 3 is 2.56 bits per heavy atom. The molecule has 0 aromatic heterocycles. The molecule has 1 saturated heterocycles. The van der Waals surface area contributed by atoms with E-state index < -0.39 is 9.84 Å². The number of carbonyl (C=O) groups excluding carboxylic acids is 1. The second-order valence-electron chi connectivity index (χ2n) is 4.73. The molecule has 0 saturated carbocycles. The highest BCUT2D eigenvalue weighted by Crippen LogP contribution is 2.19. The van der Waals surface area contributed by atoms with E-state index in [1.807, 2.05) is 19.1 Å². The van der Waals surface area contributed by atoms with Crippen molar-refractivity contribution in [2.45, 2.75) is 13.3 Å². The van der Waals surface area contributed by atoms with Gasteiger partial charge >= 0.3 is 5.97 Å². The zero-order valence-corrected chi connectivity index (χ0v) is 11.1. The third-order valence-corrected chi connectivity index (χ3v) is 4.90. The van der Waals surface area contributed by atoms with Crippen LogP contribution >= 0.6 is 0 Å². The molecule has 0 bridgehead atoms. The van der Waals surface area contributed by atoms with Gasteiger partial charge in [-0.05, 0) is 25.5 Å². The standard InChI is InChI=1S/C13H16O4S/c1-10-2-4-12(5-3-10)13(14)17-8-11-6-7-18(15,16)9-11/h2-5,11H,6-9H2,1H3/t11-/m0/s1. The van der Waals surface area contributed by atoms with Crippen molar-refractivity contribution >= 4 is 15.8 Å². The van der Waals surface area contributed by atoms with Gasteiger partial charge in [0.25, 0.3) is 0 Å². The smallest absolute Gasteiger partial charge is 0.338 e. The Kier molecular flexibility index (Phi) is 3.71. The average molecular weight is 268 g/mol. The Morgan fingerprint density at radius 1 is 1.33 bits per heavy atom. The molecule has 1 aromatic carbocycles. The van der Waals surface area contributed by atoms with Crippen LogP contribution in [0.2, 0.25) is 0 Å². The molecule has 1 aromatic rings. The molecule has 18 heavy (non-hydrogen) atoms. The quantitative estimate of drug-likeness (QED) is 0.781. The summed E-state index contributed by atoms with van der Waals surface area (Å²) in [5, 5.41) is 0. The Morgan fingerprint density at radius 2 is 2.00 bits per heavy atom. The minimum Gasteiger partial charge on any atom is -0.462 e. The van der Waals surface area contributed by atoms with E-state index in [0.29, 0.717) is 12.0 Å². The normalized spacial score (nSPS) is 21.7. The number of hydrogen-bond acceptors (Lipinski definition) is 4. The van der Waals surface area contributed by atoms with Crippen LogP contribution in [0.3, 0.4) is 0 Å². The molecule has 1 heterocycles. The number of carbonyl (C=O) groups is 1. The topological polar surface area (TPSA) is 60.4 Å². The van der Waals surface area contributed by atoms with Crippen molar-refractivity contribution in [3.8, 4) is 0 Å². The van der Waals surface area contributed by atoms with Gasteiger partial charge in [0.2, 0.25) is 0 Å². The first kappa shape index (κ1) is 13.1. The first-order valence-electron chi connectivity index (χ1n) is 5.90. The van der Waals surface area contributed by atoms with Crippen LogP contribution in [0.4, 0.5) is 0 Å². The highest BCUT2D eigenvalue weighted by Gasteiger charge is 2.28. The van der Waals surface area contributed by atoms with Crippen molar-refractivity contribution in [1.29, 1.82) is 0 Å². The molecule has 1 aliphatic rings. The molecule has 5 heteroatoms. The fourth-order valence-corrected chi connectivity index (χ4v) is 3.81. The molecule has 0 spiro atoms. The summed E-state index contributed by atoms with van der Waals surface area (Å²) in [6.45, 7) is 2.13. The molecular formula is C13H16O4S. The molecule has 2 rings (SSSR count). The molecule has 0 N–H and O–H groups in total. The fraction of sp³-hybridized carbons (Fsp3) is 0.462. The van der Waals surface area contributed by atoms with Crippen LogP contribution in [0.25, 0.3) is 0 Å². The summed E-state index contributed by atoms with van der Waals surface area (Å²) in [5.41, 5.74) is 1.58. The average Bonchev–Trinajstić information content (AvgIpc) is 2.67. The van der Waals surface area contributed by atoms with Crippen LogP contribution in [0, 0.1) is 12.8 Å². The first-order chi connectivity index (χ1) is 8.46. The van der Waals surface area contributed by atoms with E-state index in [2.05, 4.69) is 0 Å². The van der Waals surface area contributed by atoms with Gasteiger partial charge in [-0.3, -0.25) is 0 Å². The maximum Gasteiger partial charge on any atom is 0.338 e. The number of ether oxygens (including phenoxy) is 1. The van der Waals surface area contributed by atoms with E-state index in [4.69, 9.17) is 4.74 Å². The fourth-order valence-electron chi connectivity index (χ4n) is 1.97. The predicted molar refractivity (Wildman–Crippen MR) is 68.2 cm³/mol. The summed E-state index contributed by atoms with van der Waals surface area (Å²) >= 11 is 0. The van der Waals surface area contributed by atoms with Crippen molar-refractivity contribution in [1.82, 2.24) is 0 Å². The monoisotopic (exact) mass is 268 g/mol. The van der Waals surface area contributed by atoms with E-state index in [9.17, 15) is 13.2 Å². The van der Waals surface area contributed by atoms with Crippen LogP contribution in [-0.4, -0.2) is 32.5 Å². The maximum atomic E-state index is 11.7. The second-order valence-corrected chi connectivity index (χ2v) is 6.96. The van der Waals surface area contributed by atoms with E-state index >= 15 is 0 Å². The highest BCUT2D eigenvalue weighted by molar-refractivity contribution is 7.91. The van der Waals surface area contributed by atoms with Gasteiger partial charge in [-0.25, -0.2) is 13.2 Å². The number of esters is 1. The Hall–Kier alpha value is -1.36. The molecule has 0 unspecified atom stereocenters. The lowest BCUT2D eigenvalue weighted by Crippen LogP contribution is -2.15. The largest absolute Gasteiger partial charge is 0.462 e. The van der Waals surface area contributed by atoms with E-state index in [1.165, 1.54) is 0 Å². The predicted octanol–water partition coefficient (Wildman–Crippen LogP) is 1.59. The van der Waals surface area contributed by atoms with E-state index in [-0.39, 0.29) is 30.0 Å². The van der Waals surface area contributed by atoms with Crippen LogP contribution in [0.1, 0.15) is 22.3 Å². The van der Waals surface area contributed by atoms with Crippen molar-refractivity contribution in [3.05, 3.63) is 35.4 Å². The number of aryl methyl sites for hydroxylation is 1. The Bertz CT molecular complexity index is 531. The van der Waals surface area contributed by atoms with Gasteiger partial charge in [-0.15, -0.1) is 0 Å². The summed E-state index contributed by atoms with van der Waals surface area (Å²) in [5.74, 6) is -0.0998. The molecule has 98 valence electrons. The lowest BCUT2D eigenvalue weighted by atomic mass is 10.1. The molecule has 1 aliphatic heterocycles. The minimum atomic E-state index is -2.90. The van der Waals surface area contributed by atoms with Crippen LogP contribution < -0.4 is 0 Å². The third kappa shape index (κ3) is 3.32. The van der Waals surface area contributed by atoms with E-state index in [1.54, 1.807) is 12.1 Å². The van der Waals surface area contributed by atoms with Crippen molar-refractivity contribution in [2.75, 3.05) is 18.1 Å². The molecule has 0 amide bonds. The molecule has 1 fully saturated rings. The summed E-state index contributed by atoms with van der Waals surface area (Å²) < 4.78 is 27.6. The van der Waals surface area contributed by atoms with Gasteiger partial charge in [0.15, 0.2) is 9.84 Å². The van der Waals surface area contributed by atoms with Crippen LogP contribution in [0.15, 0.2) is 24.3 Å². The molecule has 0 aliphatic carbocycles. The SMILES string of the molecule is Cc1ccc(C(=O)OC[C@@H]2CCS(=O)(=O)C2)cc1. The minimum absolute atomic E-state index is 0.0515. The van der Waals surface area contributed by atoms with E-state index in [0.717, 1.165) is 5.56 Å². The second kappa shape index (κ2) is 5.10. The molecule has 1 atom stereocenters. The number of rotatable bonds is 3. The summed E-state index contributed by atoms with van der Waals surface area (Å²) in [6.07, 6.45) is 0.587. The van der Waals surface area contributed by atoms with Gasteiger partial charge in [0.05, 0.1) is 23.7 Å². The molecular weight excluding hydrogens is 252 g/mol. The lowest BCUT2D eigenvalue weighted by molar-refractivity contribution is 0.0453. The summed E-state index contributed by atoms with van der Waals surface area (Å²) in [6, 6.07) is 7.11. The Labute approximate surface area is 107 Å². The summed E-state index contributed by atoms with van der Waals surface area (Å²) in [4.78, 5) is 11.7. The number of benzene rings is 1. The van der Waals surface area contributed by atoms with Gasteiger partial charge in [0, 0.05) is 5.92 Å². The third-order valence-electron chi connectivity index (χ3n) is 3.06. The lowest BCUT2D eigenvalue weighted by Gasteiger charge is -2.09. The first-order valence-corrected chi connectivity index (χ1v) is 7.73. The number of sulfone groups is 1. The molecule has 4 nitrogen and oxygen atoms in total. The highest BCUT2D eigenvalue weighted by atomic mass is 32.2. The Balaban J connectivity index is 1.87. The van der Waals surface area contributed by atoms with Crippen LogP contribution in [0.5, 0.6) is 0 Å². The van der Waals surface area contributed by atoms with Gasteiger partial charge in [-0.2, -0.15) is 0 Å². The maximum absolute atomic E-state index is 11.7. The molecule has 0 radical (unpaired) electrons. The van der Waals surface area contributed by atoms with Crippen LogP contribution in [-0.2, 0) is 14.6 Å². The number of hydrogen-bond donors (Lipinski definition) is 0. The van der Waals surface area contributed by atoms with Gasteiger partial charge in [0.1, 0.15) is 0 Å². The zero-order chi connectivity index (χ0) is 13.2. The summed E-state index contributed by atoms with van der Waals surface area (Å²) in [7, 11) is -2.90. The van der Waals surface area contributed by atoms with Crippen molar-refractivity contribution in [2.24, 2.45) is 5.92 Å².